The number of nitrogens with zero attached hydrogens (tertiary/aromatic N) is 1. The number of rotatable bonds is 4. The summed E-state index contributed by atoms with van der Waals surface area (Å²) >= 11 is 0. The van der Waals surface area contributed by atoms with Crippen molar-refractivity contribution in [2.24, 2.45) is 10.9 Å². The lowest BCUT2D eigenvalue weighted by atomic mass is 9.79. The van der Waals surface area contributed by atoms with Crippen LogP contribution in [0.4, 0.5) is 0 Å². The molecule has 1 aliphatic carbocycles. The molecule has 0 spiro atoms. The van der Waals surface area contributed by atoms with Gasteiger partial charge in [-0.15, -0.1) is 0 Å². The molecule has 1 saturated carbocycles. The lowest BCUT2D eigenvalue weighted by Crippen LogP contribution is -2.41. The first-order chi connectivity index (χ1) is 8.77. The Kier molecular flexibility index (Phi) is 3.76. The van der Waals surface area contributed by atoms with Gasteiger partial charge in [-0.05, 0) is 65.7 Å². The van der Waals surface area contributed by atoms with E-state index >= 15 is 0 Å². The van der Waals surface area contributed by atoms with E-state index in [0.717, 1.165) is 11.2 Å². The predicted octanol–water partition coefficient (Wildman–Crippen LogP) is 3.56. The summed E-state index contributed by atoms with van der Waals surface area (Å²) in [5.41, 5.74) is 1.58. The second kappa shape index (κ2) is 4.91. The lowest BCUT2D eigenvalue weighted by Gasteiger charge is -2.32. The third-order valence-corrected chi connectivity index (χ3v) is 4.32. The number of aliphatic imine (C=N–C) groups is 1. The fourth-order valence-electron chi connectivity index (χ4n) is 2.02. The molecule has 2 rings (SSSR count). The van der Waals surface area contributed by atoms with Crippen LogP contribution in [-0.4, -0.2) is 25.0 Å². The Labute approximate surface area is 116 Å². The molecular formula is C15H24BNO2. The van der Waals surface area contributed by atoms with E-state index in [4.69, 9.17) is 9.31 Å². The molecule has 0 amide bonds. The third-order valence-electron chi connectivity index (χ3n) is 4.32. The summed E-state index contributed by atoms with van der Waals surface area (Å²) in [6, 6.07) is 0. The summed E-state index contributed by atoms with van der Waals surface area (Å²) in [6.07, 6.45) is 6.55. The average Bonchev–Trinajstić information content (AvgIpc) is 3.08. The first kappa shape index (κ1) is 14.5. The standard InChI is InChI=1S/C15H24BNO2/c1-11(7-10-13(17-6)12-8-9-12)16-18-14(2,3)15(4,5)19-16/h7,10,12H,6,8-9H2,1-5H3/b11-7+,13-10-. The Balaban J connectivity index is 2.08. The van der Waals surface area contributed by atoms with Gasteiger partial charge in [-0.3, -0.25) is 4.99 Å². The van der Waals surface area contributed by atoms with Crippen LogP contribution in [0.15, 0.2) is 28.3 Å². The van der Waals surface area contributed by atoms with Crippen molar-refractivity contribution in [2.75, 3.05) is 0 Å². The van der Waals surface area contributed by atoms with E-state index in [1.54, 1.807) is 0 Å². The van der Waals surface area contributed by atoms with Crippen molar-refractivity contribution in [1.82, 2.24) is 0 Å². The topological polar surface area (TPSA) is 30.8 Å². The predicted molar refractivity (Wildman–Crippen MR) is 80.2 cm³/mol. The van der Waals surface area contributed by atoms with Crippen LogP contribution < -0.4 is 0 Å². The Morgan fingerprint density at radius 1 is 1.16 bits per heavy atom. The molecule has 0 N–H and O–H groups in total. The molecule has 1 saturated heterocycles. The van der Waals surface area contributed by atoms with Gasteiger partial charge in [-0.2, -0.15) is 0 Å². The summed E-state index contributed by atoms with van der Waals surface area (Å²) in [5, 5.41) is 0. The van der Waals surface area contributed by atoms with Gasteiger partial charge in [0.2, 0.25) is 0 Å². The monoisotopic (exact) mass is 261 g/mol. The molecule has 0 atom stereocenters. The van der Waals surface area contributed by atoms with Gasteiger partial charge in [0.05, 0.1) is 11.2 Å². The van der Waals surface area contributed by atoms with Gasteiger partial charge in [0.25, 0.3) is 0 Å². The fraction of sp³-hybridized carbons (Fsp3) is 0.667. The highest BCUT2D eigenvalue weighted by Gasteiger charge is 2.51. The molecule has 0 radical (unpaired) electrons. The Hall–Kier alpha value is -0.865. The Morgan fingerprint density at radius 3 is 2.11 bits per heavy atom. The van der Waals surface area contributed by atoms with Crippen LogP contribution in [0.1, 0.15) is 47.5 Å². The highest BCUT2D eigenvalue weighted by Crippen LogP contribution is 2.39. The van der Waals surface area contributed by atoms with Crippen molar-refractivity contribution in [3.63, 3.8) is 0 Å². The maximum absolute atomic E-state index is 6.00. The largest absolute Gasteiger partial charge is 0.490 e. The van der Waals surface area contributed by atoms with E-state index in [0.29, 0.717) is 5.92 Å². The van der Waals surface area contributed by atoms with Gasteiger partial charge < -0.3 is 9.31 Å². The molecule has 4 heteroatoms. The molecule has 104 valence electrons. The van der Waals surface area contributed by atoms with Crippen molar-refractivity contribution in [3.05, 3.63) is 23.3 Å². The SMILES string of the molecule is C=N/C(=C\C=C(/C)B1OC(C)(C)C(C)(C)O1)C1CC1. The van der Waals surface area contributed by atoms with Gasteiger partial charge in [-0.1, -0.05) is 6.08 Å². The smallest absolute Gasteiger partial charge is 0.400 e. The quantitative estimate of drug-likeness (QED) is 0.440. The molecule has 3 nitrogen and oxygen atoms in total. The molecule has 0 aromatic rings. The van der Waals surface area contributed by atoms with Crippen LogP contribution in [0.25, 0.3) is 0 Å². The van der Waals surface area contributed by atoms with E-state index in [1.807, 2.05) is 19.1 Å². The normalized spacial score (nSPS) is 26.7. The zero-order valence-corrected chi connectivity index (χ0v) is 12.7. The molecule has 0 unspecified atom stereocenters. The molecule has 1 heterocycles. The number of allylic oxidation sites excluding steroid dienone is 4. The van der Waals surface area contributed by atoms with Crippen LogP contribution in [0, 0.1) is 5.92 Å². The molecular weight excluding hydrogens is 237 g/mol. The van der Waals surface area contributed by atoms with Gasteiger partial charge >= 0.3 is 7.12 Å². The molecule has 1 aliphatic heterocycles. The summed E-state index contributed by atoms with van der Waals surface area (Å²) < 4.78 is 12.0. The van der Waals surface area contributed by atoms with E-state index in [9.17, 15) is 0 Å². The van der Waals surface area contributed by atoms with E-state index in [-0.39, 0.29) is 18.3 Å². The van der Waals surface area contributed by atoms with Crippen molar-refractivity contribution in [1.29, 1.82) is 0 Å². The van der Waals surface area contributed by atoms with Gasteiger partial charge in [-0.25, -0.2) is 0 Å². The van der Waals surface area contributed by atoms with Crippen LogP contribution >= 0.6 is 0 Å². The van der Waals surface area contributed by atoms with Crippen molar-refractivity contribution >= 4 is 13.8 Å². The van der Waals surface area contributed by atoms with Gasteiger partial charge in [0, 0.05) is 11.6 Å². The fourth-order valence-corrected chi connectivity index (χ4v) is 2.02. The van der Waals surface area contributed by atoms with Crippen molar-refractivity contribution in [2.45, 2.75) is 58.7 Å². The van der Waals surface area contributed by atoms with E-state index in [2.05, 4.69) is 39.4 Å². The summed E-state index contributed by atoms with van der Waals surface area (Å²) in [7, 11) is -0.272. The average molecular weight is 261 g/mol. The zero-order chi connectivity index (χ0) is 14.3. The van der Waals surface area contributed by atoms with Crippen molar-refractivity contribution in [3.8, 4) is 0 Å². The summed E-state index contributed by atoms with van der Waals surface area (Å²) in [4.78, 5) is 4.09. The molecule has 0 aromatic carbocycles. The molecule has 2 fully saturated rings. The minimum Gasteiger partial charge on any atom is -0.400 e. The maximum Gasteiger partial charge on any atom is 0.490 e. The summed E-state index contributed by atoms with van der Waals surface area (Å²) in [5.74, 6) is 0.611. The molecule has 0 aromatic heterocycles. The number of hydrogen-bond acceptors (Lipinski definition) is 3. The lowest BCUT2D eigenvalue weighted by molar-refractivity contribution is 0.00578. The molecule has 19 heavy (non-hydrogen) atoms. The number of hydrogen-bond donors (Lipinski definition) is 0. The van der Waals surface area contributed by atoms with Crippen LogP contribution in [0.5, 0.6) is 0 Å². The first-order valence-corrected chi connectivity index (χ1v) is 6.97. The van der Waals surface area contributed by atoms with E-state index < -0.39 is 0 Å². The van der Waals surface area contributed by atoms with Crippen LogP contribution in [0.3, 0.4) is 0 Å². The van der Waals surface area contributed by atoms with Gasteiger partial charge in [0.1, 0.15) is 0 Å². The van der Waals surface area contributed by atoms with Gasteiger partial charge in [0.15, 0.2) is 0 Å². The van der Waals surface area contributed by atoms with Crippen LogP contribution in [0.2, 0.25) is 0 Å². The minimum atomic E-state index is -0.285. The summed E-state index contributed by atoms with van der Waals surface area (Å²) in [6.45, 7) is 13.9. The zero-order valence-electron chi connectivity index (χ0n) is 12.7. The molecule has 0 bridgehead atoms. The Bertz CT molecular complexity index is 417. The molecule has 2 aliphatic rings. The first-order valence-electron chi connectivity index (χ1n) is 6.97. The van der Waals surface area contributed by atoms with E-state index in [1.165, 1.54) is 12.8 Å². The highest BCUT2D eigenvalue weighted by molar-refractivity contribution is 6.54. The highest BCUT2D eigenvalue weighted by atomic mass is 16.7. The van der Waals surface area contributed by atoms with Crippen LogP contribution in [-0.2, 0) is 9.31 Å². The van der Waals surface area contributed by atoms with Crippen molar-refractivity contribution < 1.29 is 9.31 Å². The second-order valence-corrected chi connectivity index (χ2v) is 6.52. The Morgan fingerprint density at radius 2 is 1.68 bits per heavy atom. The minimum absolute atomic E-state index is 0.272. The second-order valence-electron chi connectivity index (χ2n) is 6.52. The third kappa shape index (κ3) is 3.01. The maximum atomic E-state index is 6.00.